The standard InChI is InChI=1S/C6H6NO2.3C4H9.Sn/c1-2-3-7-4-5-9-6(7)8;3*1-3-4-2;/h1,4-5H2;3*1,3-4H2,2H3;. The Kier molecular flexibility index (Phi) is 9.26. The Morgan fingerprint density at radius 2 is 1.64 bits per heavy atom. The van der Waals surface area contributed by atoms with Gasteiger partial charge in [-0.15, -0.1) is 0 Å². The summed E-state index contributed by atoms with van der Waals surface area (Å²) >= 11 is -2.63. The average Bonchev–Trinajstić information content (AvgIpc) is 2.95. The van der Waals surface area contributed by atoms with Crippen molar-refractivity contribution in [2.45, 2.75) is 72.6 Å². The number of hydrogen-bond donors (Lipinski definition) is 0. The van der Waals surface area contributed by atoms with Crippen LogP contribution in [0.3, 0.4) is 0 Å². The minimum absolute atomic E-state index is 0.170. The Hall–Kier alpha value is -0.411. The Balaban J connectivity index is 3.10. The Morgan fingerprint density at radius 3 is 1.95 bits per heavy atom. The third-order valence-electron chi connectivity index (χ3n) is 4.73. The van der Waals surface area contributed by atoms with E-state index < -0.39 is 18.4 Å². The van der Waals surface area contributed by atoms with Crippen LogP contribution < -0.4 is 0 Å². The number of nitrogens with zero attached hydrogens (tertiary/aromatic N) is 1. The number of unbranched alkanes of at least 4 members (excludes halogenated alkanes) is 3. The molecule has 0 spiro atoms. The van der Waals surface area contributed by atoms with Crippen LogP contribution in [-0.4, -0.2) is 42.5 Å². The van der Waals surface area contributed by atoms with E-state index in [-0.39, 0.29) is 6.09 Å². The number of amides is 1. The molecule has 0 N–H and O–H groups in total. The van der Waals surface area contributed by atoms with Crippen LogP contribution in [0.5, 0.6) is 0 Å². The van der Waals surface area contributed by atoms with Crippen molar-refractivity contribution in [3.05, 3.63) is 16.0 Å². The van der Waals surface area contributed by atoms with E-state index in [1.165, 1.54) is 55.5 Å². The van der Waals surface area contributed by atoms with Crippen molar-refractivity contribution in [1.29, 1.82) is 0 Å². The van der Waals surface area contributed by atoms with Gasteiger partial charge in [-0.05, 0) is 0 Å². The van der Waals surface area contributed by atoms with Crippen molar-refractivity contribution >= 4 is 24.5 Å². The van der Waals surface area contributed by atoms with Gasteiger partial charge in [-0.1, -0.05) is 0 Å². The third-order valence-corrected chi connectivity index (χ3v) is 20.1. The monoisotopic (exact) mass is 415 g/mol. The summed E-state index contributed by atoms with van der Waals surface area (Å²) in [4.78, 5) is 14.0. The summed E-state index contributed by atoms with van der Waals surface area (Å²) in [5.41, 5.74) is 3.23. The molecule has 0 bridgehead atoms. The molecule has 1 aliphatic heterocycles. The zero-order valence-corrected chi connectivity index (χ0v) is 17.6. The molecular weight excluding hydrogens is 381 g/mol. The molecule has 0 aromatic heterocycles. The fourth-order valence-electron chi connectivity index (χ4n) is 3.44. The molecule has 1 amide bonds. The molecule has 0 unspecified atom stereocenters. The van der Waals surface area contributed by atoms with Crippen molar-refractivity contribution in [3.8, 4) is 0 Å². The zero-order chi connectivity index (χ0) is 16.4. The van der Waals surface area contributed by atoms with Gasteiger partial charge in [-0.25, -0.2) is 0 Å². The van der Waals surface area contributed by atoms with Crippen LogP contribution in [0.2, 0.25) is 13.3 Å². The first-order valence-electron chi connectivity index (χ1n) is 9.00. The molecule has 0 saturated carbocycles. The SMILES string of the molecule is C=C=[C](N1CCOC1=O)[Sn]([CH2]CCC)([CH2]CCC)[CH2]CCC. The van der Waals surface area contributed by atoms with E-state index in [0.717, 1.165) is 0 Å². The summed E-state index contributed by atoms with van der Waals surface area (Å²) in [7, 11) is 0. The summed E-state index contributed by atoms with van der Waals surface area (Å²) in [6.45, 7) is 12.0. The molecule has 1 fully saturated rings. The van der Waals surface area contributed by atoms with E-state index in [1.807, 2.05) is 4.90 Å². The number of carbonyl (C=O) groups excluding carboxylic acids is 1. The normalized spacial score (nSPS) is 14.9. The van der Waals surface area contributed by atoms with Crippen LogP contribution in [0.25, 0.3) is 0 Å². The summed E-state index contributed by atoms with van der Waals surface area (Å²) in [6, 6.07) is 0. The van der Waals surface area contributed by atoms with E-state index in [2.05, 4.69) is 33.1 Å². The topological polar surface area (TPSA) is 29.5 Å². The van der Waals surface area contributed by atoms with Gasteiger partial charge in [0.1, 0.15) is 0 Å². The number of rotatable bonds is 11. The number of ether oxygens (including phenoxy) is 1. The molecule has 4 heteroatoms. The van der Waals surface area contributed by atoms with Gasteiger partial charge in [0.2, 0.25) is 0 Å². The first-order valence-corrected chi connectivity index (χ1v) is 16.5. The molecule has 0 aromatic carbocycles. The first-order chi connectivity index (χ1) is 10.6. The van der Waals surface area contributed by atoms with Crippen molar-refractivity contribution in [3.63, 3.8) is 0 Å². The molecule has 0 radical (unpaired) electrons. The number of carbonyl (C=O) groups is 1. The Bertz CT molecular complexity index is 380. The van der Waals surface area contributed by atoms with Gasteiger partial charge in [-0.2, -0.15) is 0 Å². The predicted molar refractivity (Wildman–Crippen MR) is 95.6 cm³/mol. The van der Waals surface area contributed by atoms with E-state index in [0.29, 0.717) is 13.2 Å². The van der Waals surface area contributed by atoms with Gasteiger partial charge in [0, 0.05) is 0 Å². The summed E-state index contributed by atoms with van der Waals surface area (Å²) < 4.78 is 10.4. The molecule has 1 aliphatic rings. The van der Waals surface area contributed by atoms with Gasteiger partial charge in [0.15, 0.2) is 0 Å². The molecule has 0 aromatic rings. The Labute approximate surface area is 140 Å². The molecule has 1 saturated heterocycles. The fraction of sp³-hybridized carbons (Fsp3) is 0.778. The molecular formula is C18H33NO2Sn. The molecule has 22 heavy (non-hydrogen) atoms. The molecule has 126 valence electrons. The molecule has 0 atom stereocenters. The van der Waals surface area contributed by atoms with Crippen LogP contribution >= 0.6 is 0 Å². The minimum atomic E-state index is -2.63. The van der Waals surface area contributed by atoms with Gasteiger partial charge in [0.05, 0.1) is 0 Å². The number of cyclic esters (lactones) is 1. The molecule has 3 nitrogen and oxygen atoms in total. The average molecular weight is 414 g/mol. The van der Waals surface area contributed by atoms with Gasteiger partial charge >= 0.3 is 141 Å². The summed E-state index contributed by atoms with van der Waals surface area (Å²) in [6.07, 6.45) is 7.34. The number of hydrogen-bond acceptors (Lipinski definition) is 2. The fourth-order valence-corrected chi connectivity index (χ4v) is 19.7. The van der Waals surface area contributed by atoms with Crippen molar-refractivity contribution in [2.75, 3.05) is 13.2 Å². The van der Waals surface area contributed by atoms with E-state index >= 15 is 0 Å². The molecule has 1 heterocycles. The second-order valence-corrected chi connectivity index (χ2v) is 19.3. The quantitative estimate of drug-likeness (QED) is 0.330. The first kappa shape index (κ1) is 19.6. The van der Waals surface area contributed by atoms with Gasteiger partial charge < -0.3 is 0 Å². The second kappa shape index (κ2) is 10.4. The third kappa shape index (κ3) is 5.06. The maximum atomic E-state index is 12.1. The van der Waals surface area contributed by atoms with Crippen molar-refractivity contribution in [1.82, 2.24) is 4.90 Å². The maximum absolute atomic E-state index is 12.1. The van der Waals surface area contributed by atoms with Crippen LogP contribution in [0.15, 0.2) is 16.0 Å². The zero-order valence-electron chi connectivity index (χ0n) is 14.7. The van der Waals surface area contributed by atoms with E-state index in [4.69, 9.17) is 4.74 Å². The van der Waals surface area contributed by atoms with E-state index in [1.54, 1.807) is 0 Å². The van der Waals surface area contributed by atoms with Gasteiger partial charge in [0.25, 0.3) is 0 Å². The molecule has 0 aliphatic carbocycles. The van der Waals surface area contributed by atoms with Crippen LogP contribution in [0.4, 0.5) is 4.79 Å². The van der Waals surface area contributed by atoms with Crippen LogP contribution in [0, 0.1) is 0 Å². The molecule has 1 rings (SSSR count). The van der Waals surface area contributed by atoms with Crippen molar-refractivity contribution in [2.24, 2.45) is 0 Å². The summed E-state index contributed by atoms with van der Waals surface area (Å²) in [5.74, 6) is 0. The van der Waals surface area contributed by atoms with Crippen molar-refractivity contribution < 1.29 is 9.53 Å². The Morgan fingerprint density at radius 1 is 1.14 bits per heavy atom. The predicted octanol–water partition coefficient (Wildman–Crippen LogP) is 5.50. The second-order valence-electron chi connectivity index (χ2n) is 6.38. The van der Waals surface area contributed by atoms with E-state index in [9.17, 15) is 4.79 Å². The van der Waals surface area contributed by atoms with Gasteiger partial charge in [-0.3, -0.25) is 0 Å². The van der Waals surface area contributed by atoms with Crippen LogP contribution in [0.1, 0.15) is 59.3 Å². The summed E-state index contributed by atoms with van der Waals surface area (Å²) in [5, 5.41) is 0. The van der Waals surface area contributed by atoms with Crippen LogP contribution in [-0.2, 0) is 4.74 Å².